The summed E-state index contributed by atoms with van der Waals surface area (Å²) in [5.41, 5.74) is 9.62. The summed E-state index contributed by atoms with van der Waals surface area (Å²) in [5.74, 6) is -2.87. The second-order valence-corrected chi connectivity index (χ2v) is 11.3. The molecule has 12 nitrogen and oxygen atoms in total. The van der Waals surface area contributed by atoms with E-state index < -0.39 is 41.7 Å². The van der Waals surface area contributed by atoms with E-state index in [1.54, 1.807) is 79.9 Å². The predicted molar refractivity (Wildman–Crippen MR) is 185 cm³/mol. The van der Waals surface area contributed by atoms with Crippen molar-refractivity contribution in [3.63, 3.8) is 0 Å². The molecule has 0 aromatic heterocycles. The van der Waals surface area contributed by atoms with E-state index in [2.05, 4.69) is 16.0 Å². The summed E-state index contributed by atoms with van der Waals surface area (Å²) < 4.78 is 15.6. The number of nitrogens with one attached hydrogen (secondary N) is 3. The highest BCUT2D eigenvalue weighted by atomic mass is 16.5. The Labute approximate surface area is 290 Å². The van der Waals surface area contributed by atoms with Crippen LogP contribution in [0.5, 0.6) is 5.75 Å². The van der Waals surface area contributed by atoms with Gasteiger partial charge in [-0.25, -0.2) is 4.79 Å². The van der Waals surface area contributed by atoms with Crippen LogP contribution in [0, 0.1) is 0 Å². The lowest BCUT2D eigenvalue weighted by Gasteiger charge is -2.21. The van der Waals surface area contributed by atoms with Crippen LogP contribution in [0.25, 0.3) is 0 Å². The molecule has 0 heterocycles. The zero-order chi connectivity index (χ0) is 35.7. The zero-order valence-electron chi connectivity index (χ0n) is 27.6. The number of benzene rings is 4. The molecular formula is C38H40N4O8. The molecule has 4 aromatic carbocycles. The molecule has 5 N–H and O–H groups in total. The smallest absolute Gasteiger partial charge is 0.397 e. The second kappa shape index (κ2) is 19.1. The molecule has 12 heteroatoms. The van der Waals surface area contributed by atoms with Gasteiger partial charge >= 0.3 is 17.8 Å². The van der Waals surface area contributed by atoms with Gasteiger partial charge in [0.1, 0.15) is 25.0 Å². The van der Waals surface area contributed by atoms with E-state index in [0.717, 1.165) is 16.7 Å². The van der Waals surface area contributed by atoms with Crippen molar-refractivity contribution in [2.24, 2.45) is 5.73 Å². The SMILES string of the molecule is COc1ccc(CNC(=O)[C@H](CCC(=O)OCc2ccccc2)NC(=O)[C@@H](N)Cc2ccc(NC(=O)C(=O)OCc3ccccc3)cc2)cc1. The molecule has 260 valence electrons. The molecule has 0 saturated heterocycles. The molecule has 2 atom stereocenters. The normalized spacial score (nSPS) is 11.7. The highest BCUT2D eigenvalue weighted by Gasteiger charge is 2.25. The minimum absolute atomic E-state index is 0.0112. The number of carbonyl (C=O) groups excluding carboxylic acids is 5. The molecule has 0 radical (unpaired) electrons. The maximum absolute atomic E-state index is 13.2. The molecule has 0 fully saturated rings. The van der Waals surface area contributed by atoms with Crippen LogP contribution in [-0.2, 0) is 59.6 Å². The Kier molecular flexibility index (Phi) is 14.1. The summed E-state index contributed by atoms with van der Waals surface area (Å²) in [6, 6.07) is 29.7. The molecule has 0 aliphatic rings. The highest BCUT2D eigenvalue weighted by Crippen LogP contribution is 2.14. The molecule has 0 spiro atoms. The third-order valence-electron chi connectivity index (χ3n) is 7.54. The topological polar surface area (TPSA) is 175 Å². The number of ether oxygens (including phenoxy) is 3. The second-order valence-electron chi connectivity index (χ2n) is 11.3. The number of amides is 3. The van der Waals surface area contributed by atoms with Crippen molar-refractivity contribution in [3.05, 3.63) is 131 Å². The van der Waals surface area contributed by atoms with Gasteiger partial charge in [-0.05, 0) is 59.4 Å². The van der Waals surface area contributed by atoms with E-state index in [-0.39, 0.29) is 39.0 Å². The average Bonchev–Trinajstić information content (AvgIpc) is 3.15. The van der Waals surface area contributed by atoms with Gasteiger partial charge in [-0.2, -0.15) is 0 Å². The maximum atomic E-state index is 13.2. The molecule has 50 heavy (non-hydrogen) atoms. The summed E-state index contributed by atoms with van der Waals surface area (Å²) in [6.07, 6.45) is -0.0167. The van der Waals surface area contributed by atoms with Crippen LogP contribution in [0.1, 0.15) is 35.1 Å². The predicted octanol–water partition coefficient (Wildman–Crippen LogP) is 3.57. The fraction of sp³-hybridized carbons (Fsp3) is 0.237. The molecule has 4 aromatic rings. The van der Waals surface area contributed by atoms with Gasteiger partial charge in [-0.3, -0.25) is 19.2 Å². The number of methoxy groups -OCH3 is 1. The van der Waals surface area contributed by atoms with Crippen LogP contribution in [0.3, 0.4) is 0 Å². The Morgan fingerprint density at radius 1 is 0.680 bits per heavy atom. The van der Waals surface area contributed by atoms with Gasteiger partial charge in [-0.1, -0.05) is 84.9 Å². The van der Waals surface area contributed by atoms with Crippen molar-refractivity contribution >= 4 is 35.3 Å². The number of esters is 2. The van der Waals surface area contributed by atoms with E-state index in [0.29, 0.717) is 17.0 Å². The van der Waals surface area contributed by atoms with Gasteiger partial charge in [0, 0.05) is 18.7 Å². The van der Waals surface area contributed by atoms with Crippen LogP contribution in [0.4, 0.5) is 5.69 Å². The fourth-order valence-corrected chi connectivity index (χ4v) is 4.72. The lowest BCUT2D eigenvalue weighted by atomic mass is 10.0. The molecule has 4 rings (SSSR count). The largest absolute Gasteiger partial charge is 0.497 e. The van der Waals surface area contributed by atoms with Gasteiger partial charge in [-0.15, -0.1) is 0 Å². The van der Waals surface area contributed by atoms with E-state index in [1.807, 2.05) is 36.4 Å². The Balaban J connectivity index is 1.29. The Morgan fingerprint density at radius 2 is 1.26 bits per heavy atom. The number of hydrogen-bond acceptors (Lipinski definition) is 9. The summed E-state index contributed by atoms with van der Waals surface area (Å²) in [4.78, 5) is 63.3. The number of rotatable bonds is 16. The molecule has 0 unspecified atom stereocenters. The summed E-state index contributed by atoms with van der Waals surface area (Å²) in [6.45, 7) is 0.245. The third kappa shape index (κ3) is 12.2. The minimum Gasteiger partial charge on any atom is -0.497 e. The van der Waals surface area contributed by atoms with Crippen LogP contribution < -0.4 is 26.4 Å². The van der Waals surface area contributed by atoms with Gasteiger partial charge in [0.15, 0.2) is 0 Å². The van der Waals surface area contributed by atoms with Crippen LogP contribution in [0.15, 0.2) is 109 Å². The van der Waals surface area contributed by atoms with Crippen LogP contribution in [0.2, 0.25) is 0 Å². The monoisotopic (exact) mass is 680 g/mol. The lowest BCUT2D eigenvalue weighted by Crippen LogP contribution is -2.52. The minimum atomic E-state index is -1.06. The zero-order valence-corrected chi connectivity index (χ0v) is 27.6. The average molecular weight is 681 g/mol. The number of hydrogen-bond donors (Lipinski definition) is 4. The third-order valence-corrected chi connectivity index (χ3v) is 7.54. The van der Waals surface area contributed by atoms with Crippen molar-refractivity contribution in [1.82, 2.24) is 10.6 Å². The molecule has 0 aliphatic heterocycles. The highest BCUT2D eigenvalue weighted by molar-refractivity contribution is 6.37. The summed E-state index contributed by atoms with van der Waals surface area (Å²) >= 11 is 0. The number of carbonyl (C=O) groups is 5. The fourth-order valence-electron chi connectivity index (χ4n) is 4.72. The molecule has 3 amide bonds. The van der Waals surface area contributed by atoms with Crippen LogP contribution in [-0.4, -0.2) is 48.9 Å². The summed E-state index contributed by atoms with van der Waals surface area (Å²) in [7, 11) is 1.56. The first-order valence-corrected chi connectivity index (χ1v) is 16.0. The van der Waals surface area contributed by atoms with E-state index in [9.17, 15) is 24.0 Å². The Morgan fingerprint density at radius 3 is 1.86 bits per heavy atom. The van der Waals surface area contributed by atoms with Gasteiger partial charge in [0.05, 0.1) is 13.2 Å². The first-order chi connectivity index (χ1) is 24.2. The Hall–Kier alpha value is -6.01. The van der Waals surface area contributed by atoms with Crippen molar-refractivity contribution in [2.45, 2.75) is 51.1 Å². The first kappa shape index (κ1) is 36.8. The first-order valence-electron chi connectivity index (χ1n) is 16.0. The lowest BCUT2D eigenvalue weighted by molar-refractivity contribution is -0.153. The Bertz CT molecular complexity index is 1720. The summed E-state index contributed by atoms with van der Waals surface area (Å²) in [5, 5.41) is 7.96. The van der Waals surface area contributed by atoms with Crippen molar-refractivity contribution in [2.75, 3.05) is 12.4 Å². The quantitative estimate of drug-likeness (QED) is 0.102. The molecule has 0 saturated carbocycles. The van der Waals surface area contributed by atoms with Crippen LogP contribution >= 0.6 is 0 Å². The molecule has 0 bridgehead atoms. The van der Waals surface area contributed by atoms with E-state index >= 15 is 0 Å². The molecular weight excluding hydrogens is 640 g/mol. The van der Waals surface area contributed by atoms with Crippen molar-refractivity contribution in [3.8, 4) is 5.75 Å². The van der Waals surface area contributed by atoms with E-state index in [4.69, 9.17) is 19.9 Å². The van der Waals surface area contributed by atoms with Gasteiger partial charge in [0.2, 0.25) is 11.8 Å². The number of anilines is 1. The maximum Gasteiger partial charge on any atom is 0.397 e. The molecule has 0 aliphatic carbocycles. The van der Waals surface area contributed by atoms with E-state index in [1.165, 1.54) is 0 Å². The standard InChI is InChI=1S/C38H40N4O8/c1-48-31-18-14-27(15-19-31)23-40-36(45)33(20-21-34(43)49-24-28-8-4-2-5-9-28)42-35(44)32(39)22-26-12-16-30(17-13-26)41-37(46)38(47)50-25-29-10-6-3-7-11-29/h2-19,32-33H,20-25,39H2,1H3,(H,40,45)(H,41,46)(H,42,44)/t32-,33-/m0/s1. The van der Waals surface area contributed by atoms with Crippen molar-refractivity contribution in [1.29, 1.82) is 0 Å². The van der Waals surface area contributed by atoms with Crippen molar-refractivity contribution < 1.29 is 38.2 Å². The van der Waals surface area contributed by atoms with Gasteiger partial charge < -0.3 is 35.9 Å². The van der Waals surface area contributed by atoms with Gasteiger partial charge in [0.25, 0.3) is 0 Å². The number of nitrogens with two attached hydrogens (primary N) is 1.